The molecule has 0 atom stereocenters. The molecule has 0 bridgehead atoms. The summed E-state index contributed by atoms with van der Waals surface area (Å²) in [5, 5.41) is 3.06. The average Bonchev–Trinajstić information content (AvgIpc) is 2.42. The predicted molar refractivity (Wildman–Crippen MR) is 74.6 cm³/mol. The number of nitrogens with zero attached hydrogens (tertiary/aromatic N) is 2. The lowest BCUT2D eigenvalue weighted by molar-refractivity contribution is 0.300. The van der Waals surface area contributed by atoms with Gasteiger partial charge in [-0.25, -0.2) is 9.37 Å². The largest absolute Gasteiger partial charge is 0.487 e. The van der Waals surface area contributed by atoms with Gasteiger partial charge in [-0.2, -0.15) is 0 Å². The molecule has 0 radical (unpaired) electrons. The SMILES string of the molecule is CCNc1cnc(COc2ccc(F)c(Br)c2)cn1. The van der Waals surface area contributed by atoms with Gasteiger partial charge in [0.15, 0.2) is 0 Å². The molecule has 0 saturated heterocycles. The van der Waals surface area contributed by atoms with Crippen molar-refractivity contribution in [1.29, 1.82) is 0 Å². The Labute approximate surface area is 119 Å². The van der Waals surface area contributed by atoms with Crippen LogP contribution in [0.5, 0.6) is 5.75 Å². The van der Waals surface area contributed by atoms with Crippen LogP contribution < -0.4 is 10.1 Å². The molecule has 0 amide bonds. The Morgan fingerprint density at radius 3 is 2.79 bits per heavy atom. The molecule has 0 fully saturated rings. The van der Waals surface area contributed by atoms with Crippen LogP contribution in [0.25, 0.3) is 0 Å². The van der Waals surface area contributed by atoms with Gasteiger partial charge in [0.25, 0.3) is 0 Å². The predicted octanol–water partition coefficient (Wildman–Crippen LogP) is 3.39. The highest BCUT2D eigenvalue weighted by atomic mass is 79.9. The summed E-state index contributed by atoms with van der Waals surface area (Å²) in [5.74, 6) is 0.990. The summed E-state index contributed by atoms with van der Waals surface area (Å²) in [4.78, 5) is 8.41. The minimum atomic E-state index is -0.317. The third kappa shape index (κ3) is 3.89. The third-order valence-corrected chi connectivity index (χ3v) is 2.95. The molecule has 1 heterocycles. The van der Waals surface area contributed by atoms with Crippen LogP contribution in [-0.2, 0) is 6.61 Å². The molecule has 6 heteroatoms. The zero-order chi connectivity index (χ0) is 13.7. The topological polar surface area (TPSA) is 47.0 Å². The summed E-state index contributed by atoms with van der Waals surface area (Å²) >= 11 is 3.11. The Hall–Kier alpha value is -1.69. The van der Waals surface area contributed by atoms with Gasteiger partial charge in [0.05, 0.1) is 22.6 Å². The van der Waals surface area contributed by atoms with Crippen molar-refractivity contribution in [1.82, 2.24) is 9.97 Å². The maximum atomic E-state index is 13.0. The number of ether oxygens (including phenoxy) is 1. The molecule has 1 aromatic heterocycles. The monoisotopic (exact) mass is 325 g/mol. The fraction of sp³-hybridized carbons (Fsp3) is 0.231. The van der Waals surface area contributed by atoms with E-state index in [1.165, 1.54) is 6.07 Å². The molecule has 1 N–H and O–H groups in total. The zero-order valence-corrected chi connectivity index (χ0v) is 11.9. The highest BCUT2D eigenvalue weighted by Crippen LogP contribution is 2.22. The van der Waals surface area contributed by atoms with Gasteiger partial charge in [0, 0.05) is 6.54 Å². The molecule has 4 nitrogen and oxygen atoms in total. The number of halogens is 2. The highest BCUT2D eigenvalue weighted by molar-refractivity contribution is 9.10. The second-order valence-corrected chi connectivity index (χ2v) is 4.64. The first-order valence-corrected chi connectivity index (χ1v) is 6.61. The van der Waals surface area contributed by atoms with Crippen LogP contribution >= 0.6 is 15.9 Å². The summed E-state index contributed by atoms with van der Waals surface area (Å²) in [5.41, 5.74) is 0.710. The number of benzene rings is 1. The van der Waals surface area contributed by atoms with E-state index in [-0.39, 0.29) is 12.4 Å². The van der Waals surface area contributed by atoms with E-state index in [2.05, 4.69) is 31.2 Å². The van der Waals surface area contributed by atoms with Gasteiger partial charge < -0.3 is 10.1 Å². The summed E-state index contributed by atoms with van der Waals surface area (Å²) in [7, 11) is 0. The number of nitrogens with one attached hydrogen (secondary N) is 1. The standard InChI is InChI=1S/C13H13BrFN3O/c1-2-16-13-7-17-9(6-18-13)8-19-10-3-4-12(15)11(14)5-10/h3-7H,2,8H2,1H3,(H,16,18). The molecule has 2 rings (SSSR count). The number of rotatable bonds is 5. The summed E-state index contributed by atoms with van der Waals surface area (Å²) < 4.78 is 18.9. The lowest BCUT2D eigenvalue weighted by Crippen LogP contribution is -2.03. The third-order valence-electron chi connectivity index (χ3n) is 2.34. The molecular weight excluding hydrogens is 313 g/mol. The van der Waals surface area contributed by atoms with Crippen molar-refractivity contribution in [2.75, 3.05) is 11.9 Å². The summed E-state index contributed by atoms with van der Waals surface area (Å²) in [6, 6.07) is 4.50. The minimum absolute atomic E-state index is 0.289. The molecule has 19 heavy (non-hydrogen) atoms. The first-order chi connectivity index (χ1) is 9.19. The van der Waals surface area contributed by atoms with Crippen molar-refractivity contribution < 1.29 is 9.13 Å². The molecule has 2 aromatic rings. The van der Waals surface area contributed by atoms with Crippen molar-refractivity contribution in [3.8, 4) is 5.75 Å². The van der Waals surface area contributed by atoms with Crippen LogP contribution in [0.2, 0.25) is 0 Å². The molecule has 0 aliphatic carbocycles. The minimum Gasteiger partial charge on any atom is -0.487 e. The Bertz CT molecular complexity index is 548. The second kappa shape index (κ2) is 6.47. The maximum absolute atomic E-state index is 13.0. The van der Waals surface area contributed by atoms with E-state index in [1.807, 2.05) is 6.92 Å². The van der Waals surface area contributed by atoms with Crippen LogP contribution in [0.3, 0.4) is 0 Å². The molecule has 100 valence electrons. The van der Waals surface area contributed by atoms with Crippen molar-refractivity contribution in [3.63, 3.8) is 0 Å². The Kier molecular flexibility index (Phi) is 4.68. The van der Waals surface area contributed by atoms with Gasteiger partial charge in [-0.3, -0.25) is 4.98 Å². The summed E-state index contributed by atoms with van der Waals surface area (Å²) in [6.07, 6.45) is 3.30. The van der Waals surface area contributed by atoms with Gasteiger partial charge in [-0.1, -0.05) is 0 Å². The van der Waals surface area contributed by atoms with Crippen LogP contribution in [0.15, 0.2) is 35.1 Å². The van der Waals surface area contributed by atoms with E-state index in [9.17, 15) is 4.39 Å². The quantitative estimate of drug-likeness (QED) is 0.915. The first-order valence-electron chi connectivity index (χ1n) is 5.81. The molecule has 0 saturated carbocycles. The van der Waals surface area contributed by atoms with Crippen molar-refractivity contribution >= 4 is 21.7 Å². The Morgan fingerprint density at radius 1 is 1.32 bits per heavy atom. The molecule has 0 unspecified atom stereocenters. The Balaban J connectivity index is 1.96. The molecular formula is C13H13BrFN3O. The van der Waals surface area contributed by atoms with E-state index in [0.29, 0.717) is 15.9 Å². The van der Waals surface area contributed by atoms with Gasteiger partial charge in [-0.15, -0.1) is 0 Å². The van der Waals surface area contributed by atoms with Gasteiger partial charge >= 0.3 is 0 Å². The summed E-state index contributed by atoms with van der Waals surface area (Å²) in [6.45, 7) is 3.08. The van der Waals surface area contributed by atoms with Crippen molar-refractivity contribution in [2.45, 2.75) is 13.5 Å². The first kappa shape index (κ1) is 13.7. The van der Waals surface area contributed by atoms with Crippen LogP contribution in [0.4, 0.5) is 10.2 Å². The van der Waals surface area contributed by atoms with Gasteiger partial charge in [-0.05, 0) is 41.1 Å². The number of anilines is 1. The van der Waals surface area contributed by atoms with Crippen LogP contribution in [0.1, 0.15) is 12.6 Å². The van der Waals surface area contributed by atoms with E-state index in [1.54, 1.807) is 24.5 Å². The lowest BCUT2D eigenvalue weighted by atomic mass is 10.3. The fourth-order valence-electron chi connectivity index (χ4n) is 1.43. The zero-order valence-electron chi connectivity index (χ0n) is 10.4. The second-order valence-electron chi connectivity index (χ2n) is 3.79. The number of hydrogen-bond donors (Lipinski definition) is 1. The lowest BCUT2D eigenvalue weighted by Gasteiger charge is -2.07. The fourth-order valence-corrected chi connectivity index (χ4v) is 1.78. The smallest absolute Gasteiger partial charge is 0.144 e. The maximum Gasteiger partial charge on any atom is 0.144 e. The van der Waals surface area contributed by atoms with E-state index < -0.39 is 0 Å². The van der Waals surface area contributed by atoms with Crippen LogP contribution in [0, 0.1) is 5.82 Å². The Morgan fingerprint density at radius 2 is 2.16 bits per heavy atom. The van der Waals surface area contributed by atoms with Crippen molar-refractivity contribution in [2.24, 2.45) is 0 Å². The van der Waals surface area contributed by atoms with E-state index in [0.717, 1.165) is 12.4 Å². The van der Waals surface area contributed by atoms with Crippen molar-refractivity contribution in [3.05, 3.63) is 46.6 Å². The average molecular weight is 326 g/mol. The molecule has 0 aliphatic rings. The van der Waals surface area contributed by atoms with E-state index >= 15 is 0 Å². The van der Waals surface area contributed by atoms with E-state index in [4.69, 9.17) is 4.74 Å². The molecule has 0 aliphatic heterocycles. The normalized spacial score (nSPS) is 10.3. The van der Waals surface area contributed by atoms with Gasteiger partial charge in [0.2, 0.25) is 0 Å². The molecule has 1 aromatic carbocycles. The molecule has 0 spiro atoms. The highest BCUT2D eigenvalue weighted by Gasteiger charge is 2.03. The number of hydrogen-bond acceptors (Lipinski definition) is 4. The van der Waals surface area contributed by atoms with Gasteiger partial charge in [0.1, 0.15) is 24.0 Å². The number of aromatic nitrogens is 2. The van der Waals surface area contributed by atoms with Crippen LogP contribution in [-0.4, -0.2) is 16.5 Å².